The number of aryl methyl sites for hydroxylation is 1. The van der Waals surface area contributed by atoms with E-state index in [1.54, 1.807) is 0 Å². The van der Waals surface area contributed by atoms with Gasteiger partial charge in [0.25, 0.3) is 0 Å². The quantitative estimate of drug-likeness (QED) is 0.895. The van der Waals surface area contributed by atoms with Gasteiger partial charge in [0.15, 0.2) is 0 Å². The van der Waals surface area contributed by atoms with Gasteiger partial charge in [-0.15, -0.1) is 0 Å². The minimum atomic E-state index is -0.498. The Morgan fingerprint density at radius 2 is 1.86 bits per heavy atom. The highest BCUT2D eigenvalue weighted by Gasteiger charge is 2.24. The molecule has 2 amide bonds. The molecule has 0 radical (unpaired) electrons. The standard InChI is InChI=1S/C17H24N2O2/c1-11(2)16(18-12(3)20)17(21)19-15-10-6-8-13-7-4-5-9-14(13)15/h6,8,10-11,16H,4-5,7,9H2,1-3H3,(H,18,20)(H,19,21). The highest BCUT2D eigenvalue weighted by molar-refractivity contribution is 5.97. The SMILES string of the molecule is CC(=O)NC(C(=O)Nc1cccc2c1CCCC2)C(C)C. The third kappa shape index (κ3) is 3.84. The van der Waals surface area contributed by atoms with Crippen LogP contribution in [0.4, 0.5) is 5.69 Å². The van der Waals surface area contributed by atoms with E-state index in [0.717, 1.165) is 18.5 Å². The lowest BCUT2D eigenvalue weighted by Gasteiger charge is -2.24. The predicted molar refractivity (Wildman–Crippen MR) is 84.2 cm³/mol. The van der Waals surface area contributed by atoms with Gasteiger partial charge in [-0.05, 0) is 48.8 Å². The molecule has 4 nitrogen and oxygen atoms in total. The van der Waals surface area contributed by atoms with E-state index in [1.807, 2.05) is 26.0 Å². The fourth-order valence-corrected chi connectivity index (χ4v) is 2.86. The lowest BCUT2D eigenvalue weighted by Crippen LogP contribution is -2.46. The minimum absolute atomic E-state index is 0.0495. The third-order valence-electron chi connectivity index (χ3n) is 3.96. The van der Waals surface area contributed by atoms with Gasteiger partial charge in [0.1, 0.15) is 6.04 Å². The molecular weight excluding hydrogens is 264 g/mol. The van der Waals surface area contributed by atoms with Crippen LogP contribution in [0.1, 0.15) is 44.7 Å². The van der Waals surface area contributed by atoms with Crippen LogP contribution in [0.15, 0.2) is 18.2 Å². The lowest BCUT2D eigenvalue weighted by molar-refractivity contribution is -0.126. The maximum Gasteiger partial charge on any atom is 0.247 e. The zero-order valence-corrected chi connectivity index (χ0v) is 13.0. The number of hydrogen-bond donors (Lipinski definition) is 2. The molecule has 2 rings (SSSR count). The van der Waals surface area contributed by atoms with Gasteiger partial charge in [-0.2, -0.15) is 0 Å². The fourth-order valence-electron chi connectivity index (χ4n) is 2.86. The van der Waals surface area contributed by atoms with Gasteiger partial charge in [-0.25, -0.2) is 0 Å². The third-order valence-corrected chi connectivity index (χ3v) is 3.96. The van der Waals surface area contributed by atoms with Crippen LogP contribution in [0.2, 0.25) is 0 Å². The van der Waals surface area contributed by atoms with Gasteiger partial charge in [0, 0.05) is 12.6 Å². The van der Waals surface area contributed by atoms with E-state index in [2.05, 4.69) is 16.7 Å². The number of amides is 2. The summed E-state index contributed by atoms with van der Waals surface area (Å²) in [4.78, 5) is 23.7. The topological polar surface area (TPSA) is 58.2 Å². The van der Waals surface area contributed by atoms with Crippen molar-refractivity contribution >= 4 is 17.5 Å². The normalized spacial score (nSPS) is 15.2. The Morgan fingerprint density at radius 3 is 2.52 bits per heavy atom. The van der Waals surface area contributed by atoms with Crippen LogP contribution in [0, 0.1) is 5.92 Å². The average molecular weight is 288 g/mol. The van der Waals surface area contributed by atoms with Crippen molar-refractivity contribution in [3.05, 3.63) is 29.3 Å². The van der Waals surface area contributed by atoms with Crippen molar-refractivity contribution < 1.29 is 9.59 Å². The molecule has 4 heteroatoms. The predicted octanol–water partition coefficient (Wildman–Crippen LogP) is 2.66. The van der Waals surface area contributed by atoms with Crippen LogP contribution >= 0.6 is 0 Å². The van der Waals surface area contributed by atoms with Crippen molar-refractivity contribution in [3.8, 4) is 0 Å². The summed E-state index contributed by atoms with van der Waals surface area (Å²) < 4.78 is 0. The molecule has 1 aromatic rings. The molecule has 1 atom stereocenters. The minimum Gasteiger partial charge on any atom is -0.344 e. The van der Waals surface area contributed by atoms with Crippen molar-refractivity contribution in [3.63, 3.8) is 0 Å². The van der Waals surface area contributed by atoms with E-state index in [4.69, 9.17) is 0 Å². The van der Waals surface area contributed by atoms with Crippen molar-refractivity contribution in [2.75, 3.05) is 5.32 Å². The largest absolute Gasteiger partial charge is 0.344 e. The molecule has 0 aromatic heterocycles. The molecule has 21 heavy (non-hydrogen) atoms. The van der Waals surface area contributed by atoms with Gasteiger partial charge < -0.3 is 10.6 Å². The Hall–Kier alpha value is -1.84. The maximum absolute atomic E-state index is 12.4. The Balaban J connectivity index is 2.17. The van der Waals surface area contributed by atoms with E-state index < -0.39 is 6.04 Å². The van der Waals surface area contributed by atoms with Gasteiger partial charge in [0.05, 0.1) is 0 Å². The van der Waals surface area contributed by atoms with Crippen LogP contribution in [-0.2, 0) is 22.4 Å². The van der Waals surface area contributed by atoms with E-state index in [-0.39, 0.29) is 17.7 Å². The molecule has 2 N–H and O–H groups in total. The summed E-state index contributed by atoms with van der Waals surface area (Å²) in [5, 5.41) is 5.73. The molecule has 1 aliphatic carbocycles. The summed E-state index contributed by atoms with van der Waals surface area (Å²) in [6, 6.07) is 5.58. The number of hydrogen-bond acceptors (Lipinski definition) is 2. The summed E-state index contributed by atoms with van der Waals surface area (Å²) in [7, 11) is 0. The molecule has 0 fully saturated rings. The van der Waals surface area contributed by atoms with Crippen molar-refractivity contribution in [2.45, 2.75) is 52.5 Å². The number of benzene rings is 1. The van der Waals surface area contributed by atoms with Crippen LogP contribution in [-0.4, -0.2) is 17.9 Å². The molecule has 0 saturated carbocycles. The number of carbonyl (C=O) groups excluding carboxylic acids is 2. The Labute approximate surface area is 126 Å². The monoisotopic (exact) mass is 288 g/mol. The number of fused-ring (bicyclic) bond motifs is 1. The zero-order chi connectivity index (χ0) is 15.4. The van der Waals surface area contributed by atoms with Crippen LogP contribution < -0.4 is 10.6 Å². The second-order valence-electron chi connectivity index (χ2n) is 6.06. The maximum atomic E-state index is 12.4. The molecule has 1 aliphatic rings. The van der Waals surface area contributed by atoms with Crippen LogP contribution in [0.25, 0.3) is 0 Å². The molecule has 0 saturated heterocycles. The smallest absolute Gasteiger partial charge is 0.247 e. The Kier molecular flexibility index (Phi) is 4.99. The summed E-state index contributed by atoms with van der Waals surface area (Å²) in [6.45, 7) is 5.30. The highest BCUT2D eigenvalue weighted by Crippen LogP contribution is 2.28. The summed E-state index contributed by atoms with van der Waals surface area (Å²) in [6.07, 6.45) is 4.47. The number of anilines is 1. The lowest BCUT2D eigenvalue weighted by atomic mass is 9.90. The van der Waals surface area contributed by atoms with Gasteiger partial charge >= 0.3 is 0 Å². The second kappa shape index (κ2) is 6.74. The van der Waals surface area contributed by atoms with Gasteiger partial charge in [0.2, 0.25) is 11.8 Å². The zero-order valence-electron chi connectivity index (χ0n) is 13.0. The molecule has 0 aliphatic heterocycles. The van der Waals surface area contributed by atoms with Crippen LogP contribution in [0.5, 0.6) is 0 Å². The molecule has 1 aromatic carbocycles. The molecule has 114 valence electrons. The van der Waals surface area contributed by atoms with Gasteiger partial charge in [-0.1, -0.05) is 26.0 Å². The van der Waals surface area contributed by atoms with Crippen LogP contribution in [0.3, 0.4) is 0 Å². The highest BCUT2D eigenvalue weighted by atomic mass is 16.2. The van der Waals surface area contributed by atoms with E-state index in [9.17, 15) is 9.59 Å². The Morgan fingerprint density at radius 1 is 1.14 bits per heavy atom. The number of rotatable bonds is 4. The van der Waals surface area contributed by atoms with E-state index >= 15 is 0 Å². The van der Waals surface area contributed by atoms with E-state index in [0.29, 0.717) is 0 Å². The Bertz CT molecular complexity index is 538. The first-order valence-corrected chi connectivity index (χ1v) is 7.67. The first kappa shape index (κ1) is 15.5. The van der Waals surface area contributed by atoms with Crippen molar-refractivity contribution in [1.82, 2.24) is 5.32 Å². The first-order valence-electron chi connectivity index (χ1n) is 7.67. The summed E-state index contributed by atoms with van der Waals surface area (Å²) in [5.41, 5.74) is 3.48. The molecule has 0 heterocycles. The van der Waals surface area contributed by atoms with Crippen molar-refractivity contribution in [2.24, 2.45) is 5.92 Å². The molecule has 1 unspecified atom stereocenters. The number of carbonyl (C=O) groups is 2. The molecular formula is C17H24N2O2. The number of nitrogens with one attached hydrogen (secondary N) is 2. The van der Waals surface area contributed by atoms with Gasteiger partial charge in [-0.3, -0.25) is 9.59 Å². The first-order chi connectivity index (χ1) is 9.99. The summed E-state index contributed by atoms with van der Waals surface area (Å²) >= 11 is 0. The average Bonchev–Trinajstić information content (AvgIpc) is 2.44. The van der Waals surface area contributed by atoms with Crippen molar-refractivity contribution in [1.29, 1.82) is 0 Å². The second-order valence-corrected chi connectivity index (χ2v) is 6.06. The molecule has 0 spiro atoms. The molecule has 0 bridgehead atoms. The summed E-state index contributed by atoms with van der Waals surface area (Å²) in [5.74, 6) is -0.272. The fraction of sp³-hybridized carbons (Fsp3) is 0.529. The van der Waals surface area contributed by atoms with E-state index in [1.165, 1.54) is 30.9 Å².